The number of nitrogens with two attached hydrogens (primary N) is 1. The van der Waals surface area contributed by atoms with E-state index in [0.717, 1.165) is 5.56 Å². The highest BCUT2D eigenvalue weighted by atomic mass is 32.2. The molecule has 4 atom stereocenters. The molecule has 1 fully saturated rings. The van der Waals surface area contributed by atoms with Crippen molar-refractivity contribution in [1.29, 1.82) is 0 Å². The molecule has 3 rings (SSSR count). The molecule has 2 N–H and O–H groups in total. The number of rotatable bonds is 7. The van der Waals surface area contributed by atoms with E-state index in [1.165, 1.54) is 0 Å². The fourth-order valence-electron chi connectivity index (χ4n) is 3.62. The van der Waals surface area contributed by atoms with Gasteiger partial charge in [0, 0.05) is 23.9 Å². The molecular formula is C22H26N2O4S. The molecule has 0 bridgehead atoms. The lowest BCUT2D eigenvalue weighted by Crippen LogP contribution is -2.57. The molecule has 29 heavy (non-hydrogen) atoms. The summed E-state index contributed by atoms with van der Waals surface area (Å²) < 4.78 is 18.4. The minimum atomic E-state index is -1.63. The van der Waals surface area contributed by atoms with Crippen LogP contribution in [0.5, 0.6) is 0 Å². The summed E-state index contributed by atoms with van der Waals surface area (Å²) in [4.78, 5) is 27.9. The summed E-state index contributed by atoms with van der Waals surface area (Å²) in [5.41, 5.74) is 7.16. The van der Waals surface area contributed by atoms with Gasteiger partial charge in [-0.05, 0) is 31.0 Å². The molecule has 0 radical (unpaired) electrons. The lowest BCUT2D eigenvalue weighted by Gasteiger charge is -2.39. The highest BCUT2D eigenvalue weighted by molar-refractivity contribution is 7.86. The Morgan fingerprint density at radius 1 is 1.17 bits per heavy atom. The molecule has 2 aromatic rings. The average molecular weight is 415 g/mol. The lowest BCUT2D eigenvalue weighted by molar-refractivity contribution is -0.147. The van der Waals surface area contributed by atoms with Crippen LogP contribution < -0.4 is 5.73 Å². The Hall–Kier alpha value is -2.51. The molecule has 7 heteroatoms. The van der Waals surface area contributed by atoms with E-state index in [4.69, 9.17) is 10.5 Å². The maximum Gasteiger partial charge on any atom is 0.323 e. The minimum Gasteiger partial charge on any atom is -0.465 e. The predicted octanol–water partition coefficient (Wildman–Crippen LogP) is 2.10. The topological polar surface area (TPSA) is 89.7 Å². The van der Waals surface area contributed by atoms with Gasteiger partial charge in [-0.1, -0.05) is 48.5 Å². The van der Waals surface area contributed by atoms with E-state index in [2.05, 4.69) is 0 Å². The molecule has 1 aliphatic heterocycles. The third kappa shape index (κ3) is 4.92. The van der Waals surface area contributed by atoms with Gasteiger partial charge in [0.15, 0.2) is 0 Å². The van der Waals surface area contributed by atoms with Crippen LogP contribution in [0.2, 0.25) is 0 Å². The van der Waals surface area contributed by atoms with Crippen molar-refractivity contribution < 1.29 is 18.5 Å². The summed E-state index contributed by atoms with van der Waals surface area (Å²) in [7, 11) is -1.63. The first-order valence-electron chi connectivity index (χ1n) is 9.73. The molecule has 1 saturated heterocycles. The first-order valence-corrected chi connectivity index (χ1v) is 10.9. The average Bonchev–Trinajstić information content (AvgIpc) is 2.75. The van der Waals surface area contributed by atoms with Crippen LogP contribution in [-0.2, 0) is 31.7 Å². The number of nitrogens with zero attached hydrogens (tertiary/aromatic N) is 1. The quantitative estimate of drug-likeness (QED) is 0.701. The third-order valence-corrected chi connectivity index (χ3v) is 6.87. The summed E-state index contributed by atoms with van der Waals surface area (Å²) in [5, 5.41) is -0.894. The van der Waals surface area contributed by atoms with Crippen LogP contribution in [0, 0.1) is 5.92 Å². The smallest absolute Gasteiger partial charge is 0.323 e. The minimum absolute atomic E-state index is 0.208. The zero-order chi connectivity index (χ0) is 20.8. The second-order valence-electron chi connectivity index (χ2n) is 7.01. The fourth-order valence-corrected chi connectivity index (χ4v) is 5.30. The van der Waals surface area contributed by atoms with Gasteiger partial charge in [-0.15, -0.1) is 0 Å². The maximum atomic E-state index is 13.4. The molecule has 0 spiro atoms. The number of ether oxygens (including phenoxy) is 1. The molecule has 0 aliphatic carbocycles. The second-order valence-corrected chi connectivity index (χ2v) is 8.58. The van der Waals surface area contributed by atoms with Crippen LogP contribution >= 0.6 is 0 Å². The molecule has 2 aromatic carbocycles. The maximum absolute atomic E-state index is 13.4. The number of esters is 1. The van der Waals surface area contributed by atoms with E-state index >= 15 is 0 Å². The molecule has 1 aliphatic rings. The van der Waals surface area contributed by atoms with Crippen molar-refractivity contribution in [1.82, 2.24) is 4.90 Å². The van der Waals surface area contributed by atoms with E-state index in [9.17, 15) is 13.8 Å². The largest absolute Gasteiger partial charge is 0.465 e. The van der Waals surface area contributed by atoms with Gasteiger partial charge in [-0.25, -0.2) is 0 Å². The van der Waals surface area contributed by atoms with Gasteiger partial charge in [0.2, 0.25) is 5.91 Å². The summed E-state index contributed by atoms with van der Waals surface area (Å²) in [6.45, 7) is 2.80. The molecule has 1 amide bonds. The van der Waals surface area contributed by atoms with Crippen molar-refractivity contribution in [3.05, 3.63) is 66.2 Å². The molecule has 1 heterocycles. The zero-order valence-corrected chi connectivity index (χ0v) is 17.2. The Labute approximate surface area is 173 Å². The number of carbonyl (C=O) groups is 2. The van der Waals surface area contributed by atoms with Crippen molar-refractivity contribution in [3.8, 4) is 0 Å². The first-order chi connectivity index (χ1) is 14.0. The van der Waals surface area contributed by atoms with E-state index in [1.807, 2.05) is 36.4 Å². The Morgan fingerprint density at radius 3 is 2.41 bits per heavy atom. The van der Waals surface area contributed by atoms with Crippen LogP contribution in [0.3, 0.4) is 0 Å². The number of likely N-dealkylation sites (tertiary alicyclic amines) is 1. The monoisotopic (exact) mass is 414 g/mol. The molecular weight excluding hydrogens is 388 g/mol. The van der Waals surface area contributed by atoms with Crippen LogP contribution in [0.4, 0.5) is 0 Å². The highest BCUT2D eigenvalue weighted by Gasteiger charge is 2.45. The number of amides is 1. The summed E-state index contributed by atoms with van der Waals surface area (Å²) in [5.74, 6) is -1.35. The van der Waals surface area contributed by atoms with Crippen molar-refractivity contribution >= 4 is 22.7 Å². The van der Waals surface area contributed by atoms with E-state index in [1.54, 1.807) is 36.1 Å². The Bertz CT molecular complexity index is 860. The molecule has 6 nitrogen and oxygen atoms in total. The van der Waals surface area contributed by atoms with Gasteiger partial charge in [0.05, 0.1) is 17.4 Å². The number of hydrogen-bond acceptors (Lipinski definition) is 5. The zero-order valence-electron chi connectivity index (χ0n) is 16.4. The standard InChI is InChI=1S/C22H26N2O4S/c1-2-28-22(26)19(23)18-13-14-24(15-16-9-5-3-6-10-16)21(25)20(18)29(27)17-11-7-4-8-12-17/h3-12,18-20H,2,13-15,23H2,1H3. The number of piperidine rings is 1. The Balaban J connectivity index is 1.88. The van der Waals surface area contributed by atoms with E-state index < -0.39 is 34.0 Å². The SMILES string of the molecule is CCOC(=O)C(N)C1CCN(Cc2ccccc2)C(=O)C1S(=O)c1ccccc1. The lowest BCUT2D eigenvalue weighted by atomic mass is 9.88. The fraction of sp³-hybridized carbons (Fsp3) is 0.364. The van der Waals surface area contributed by atoms with Gasteiger partial charge >= 0.3 is 5.97 Å². The van der Waals surface area contributed by atoms with Gasteiger partial charge in [-0.3, -0.25) is 13.8 Å². The summed E-state index contributed by atoms with van der Waals surface area (Å²) in [6.07, 6.45) is 0.488. The molecule has 154 valence electrons. The summed E-state index contributed by atoms with van der Waals surface area (Å²) in [6, 6.07) is 17.5. The van der Waals surface area contributed by atoms with Crippen LogP contribution in [0.1, 0.15) is 18.9 Å². The van der Waals surface area contributed by atoms with Crippen LogP contribution in [0.15, 0.2) is 65.6 Å². The normalized spacial score (nSPS) is 21.4. The number of benzene rings is 2. The Kier molecular flexibility index (Phi) is 7.17. The molecule has 4 unspecified atom stereocenters. The van der Waals surface area contributed by atoms with Crippen molar-refractivity contribution in [2.24, 2.45) is 11.7 Å². The highest BCUT2D eigenvalue weighted by Crippen LogP contribution is 2.30. The predicted molar refractivity (Wildman–Crippen MR) is 111 cm³/mol. The van der Waals surface area contributed by atoms with Crippen LogP contribution in [0.25, 0.3) is 0 Å². The van der Waals surface area contributed by atoms with Crippen molar-refractivity contribution in [3.63, 3.8) is 0 Å². The molecule has 0 aromatic heterocycles. The number of carbonyl (C=O) groups excluding carboxylic acids is 2. The number of hydrogen-bond donors (Lipinski definition) is 1. The van der Waals surface area contributed by atoms with Gasteiger partial charge < -0.3 is 15.4 Å². The van der Waals surface area contributed by atoms with E-state index in [-0.39, 0.29) is 12.5 Å². The summed E-state index contributed by atoms with van der Waals surface area (Å²) >= 11 is 0. The van der Waals surface area contributed by atoms with Crippen molar-refractivity contribution in [2.45, 2.75) is 36.1 Å². The van der Waals surface area contributed by atoms with Crippen LogP contribution in [-0.4, -0.2) is 45.4 Å². The van der Waals surface area contributed by atoms with Gasteiger partial charge in [0.25, 0.3) is 0 Å². The second kappa shape index (κ2) is 9.80. The molecule has 0 saturated carbocycles. The first kappa shape index (κ1) is 21.2. The third-order valence-electron chi connectivity index (χ3n) is 5.12. The van der Waals surface area contributed by atoms with Crippen molar-refractivity contribution in [2.75, 3.05) is 13.2 Å². The van der Waals surface area contributed by atoms with E-state index in [0.29, 0.717) is 24.4 Å². The van der Waals surface area contributed by atoms with Gasteiger partial charge in [-0.2, -0.15) is 0 Å². The Morgan fingerprint density at radius 2 is 1.79 bits per heavy atom. The van der Waals surface area contributed by atoms with Gasteiger partial charge in [0.1, 0.15) is 11.3 Å².